The van der Waals surface area contributed by atoms with Crippen LogP contribution in [0.3, 0.4) is 0 Å². The van der Waals surface area contributed by atoms with Gasteiger partial charge in [-0.3, -0.25) is 4.79 Å². The summed E-state index contributed by atoms with van der Waals surface area (Å²) in [5, 5.41) is 9.21. The van der Waals surface area contributed by atoms with Crippen molar-refractivity contribution in [1.82, 2.24) is 0 Å². The molecule has 0 saturated heterocycles. The lowest BCUT2D eigenvalue weighted by atomic mass is 9.72. The molecule has 1 N–H and O–H groups in total. The molecule has 0 aliphatic carbocycles. The van der Waals surface area contributed by atoms with Crippen LogP contribution in [0, 0.1) is 10.8 Å². The summed E-state index contributed by atoms with van der Waals surface area (Å²) in [5.74, 6) is -0.750. The molecular formula is C19H30O2. The maximum atomic E-state index is 11.2. The molecule has 2 heteroatoms. The summed E-state index contributed by atoms with van der Waals surface area (Å²) in [4.78, 5) is 11.2. The van der Waals surface area contributed by atoms with E-state index in [0.29, 0.717) is 6.42 Å². The molecule has 1 aromatic rings. The third kappa shape index (κ3) is 5.18. The van der Waals surface area contributed by atoms with Crippen LogP contribution in [0.15, 0.2) is 24.3 Å². The highest BCUT2D eigenvalue weighted by atomic mass is 16.4. The summed E-state index contributed by atoms with van der Waals surface area (Å²) in [5.41, 5.74) is 2.08. The summed E-state index contributed by atoms with van der Waals surface area (Å²) in [6.07, 6.45) is 1.67. The lowest BCUT2D eigenvalue weighted by Crippen LogP contribution is -2.26. The monoisotopic (exact) mass is 290 g/mol. The van der Waals surface area contributed by atoms with Crippen molar-refractivity contribution >= 4 is 5.97 Å². The average Bonchev–Trinajstić information content (AvgIpc) is 2.25. The summed E-state index contributed by atoms with van der Waals surface area (Å²) >= 11 is 0. The molecule has 1 rings (SSSR count). The number of rotatable bonds is 5. The first-order valence-electron chi connectivity index (χ1n) is 7.66. The first kappa shape index (κ1) is 17.7. The molecule has 0 spiro atoms. The van der Waals surface area contributed by atoms with Gasteiger partial charge in [0.1, 0.15) is 0 Å². The Morgan fingerprint density at radius 1 is 0.952 bits per heavy atom. The van der Waals surface area contributed by atoms with Crippen molar-refractivity contribution in [3.63, 3.8) is 0 Å². The average molecular weight is 290 g/mol. The van der Waals surface area contributed by atoms with E-state index in [1.807, 2.05) is 0 Å². The molecule has 0 amide bonds. The molecule has 2 nitrogen and oxygen atoms in total. The number of aliphatic carboxylic acids is 1. The van der Waals surface area contributed by atoms with Gasteiger partial charge in [-0.25, -0.2) is 0 Å². The van der Waals surface area contributed by atoms with E-state index in [1.54, 1.807) is 13.8 Å². The van der Waals surface area contributed by atoms with Crippen molar-refractivity contribution in [1.29, 1.82) is 0 Å². The van der Waals surface area contributed by atoms with Crippen LogP contribution in [0.2, 0.25) is 0 Å². The van der Waals surface area contributed by atoms with Gasteiger partial charge in [0.2, 0.25) is 0 Å². The van der Waals surface area contributed by atoms with Gasteiger partial charge in [0.05, 0.1) is 5.41 Å². The van der Waals surface area contributed by atoms with Crippen molar-refractivity contribution in [3.8, 4) is 0 Å². The van der Waals surface area contributed by atoms with E-state index in [-0.39, 0.29) is 10.8 Å². The van der Waals surface area contributed by atoms with Crippen LogP contribution in [-0.2, 0) is 16.6 Å². The van der Waals surface area contributed by atoms with Crippen LogP contribution in [0.25, 0.3) is 0 Å². The zero-order valence-corrected chi connectivity index (χ0v) is 14.6. The van der Waals surface area contributed by atoms with Crippen molar-refractivity contribution in [2.75, 3.05) is 0 Å². The second-order valence-corrected chi connectivity index (χ2v) is 8.68. The standard InChI is InChI=1S/C19H30O2/c1-17(2,3)13-19(6,7)15-10-8-14(9-11-15)12-18(4,5)16(20)21/h8-11H,12-13H2,1-7H3,(H,20,21). The molecule has 0 aromatic heterocycles. The minimum atomic E-state index is -0.750. The van der Waals surface area contributed by atoms with Crippen LogP contribution in [-0.4, -0.2) is 11.1 Å². The van der Waals surface area contributed by atoms with E-state index in [1.165, 1.54) is 5.56 Å². The Morgan fingerprint density at radius 3 is 1.81 bits per heavy atom. The quantitative estimate of drug-likeness (QED) is 0.823. The van der Waals surface area contributed by atoms with Gasteiger partial charge in [-0.1, -0.05) is 58.9 Å². The molecule has 1 aromatic carbocycles. The van der Waals surface area contributed by atoms with Gasteiger partial charge in [-0.05, 0) is 48.6 Å². The van der Waals surface area contributed by atoms with Crippen LogP contribution < -0.4 is 0 Å². The van der Waals surface area contributed by atoms with Gasteiger partial charge in [0.15, 0.2) is 0 Å². The third-order valence-electron chi connectivity index (χ3n) is 3.93. The fraction of sp³-hybridized carbons (Fsp3) is 0.632. The van der Waals surface area contributed by atoms with E-state index < -0.39 is 11.4 Å². The number of benzene rings is 1. The highest BCUT2D eigenvalue weighted by Crippen LogP contribution is 2.36. The number of carbonyl (C=O) groups is 1. The van der Waals surface area contributed by atoms with Gasteiger partial charge in [0.25, 0.3) is 0 Å². The van der Waals surface area contributed by atoms with Crippen molar-refractivity contribution in [2.24, 2.45) is 10.8 Å². The second kappa shape index (κ2) is 5.82. The minimum absolute atomic E-state index is 0.124. The maximum Gasteiger partial charge on any atom is 0.309 e. The molecule has 118 valence electrons. The predicted octanol–water partition coefficient (Wildman–Crippen LogP) is 5.05. The molecule has 0 unspecified atom stereocenters. The molecule has 0 saturated carbocycles. The second-order valence-electron chi connectivity index (χ2n) is 8.68. The molecule has 0 heterocycles. The Kier molecular flexibility index (Phi) is 4.92. The highest BCUT2D eigenvalue weighted by Gasteiger charge is 2.29. The fourth-order valence-electron chi connectivity index (χ4n) is 3.09. The van der Waals surface area contributed by atoms with Crippen molar-refractivity contribution in [3.05, 3.63) is 35.4 Å². The molecular weight excluding hydrogens is 260 g/mol. The van der Waals surface area contributed by atoms with Gasteiger partial charge in [0, 0.05) is 0 Å². The summed E-state index contributed by atoms with van der Waals surface area (Å²) in [6, 6.07) is 8.45. The maximum absolute atomic E-state index is 11.2. The Labute approximate surface area is 129 Å². The van der Waals surface area contributed by atoms with E-state index in [0.717, 1.165) is 12.0 Å². The Morgan fingerprint density at radius 2 is 1.43 bits per heavy atom. The number of hydrogen-bond acceptors (Lipinski definition) is 1. The fourth-order valence-corrected chi connectivity index (χ4v) is 3.09. The Bertz CT molecular complexity index is 487. The molecule has 0 fully saturated rings. The van der Waals surface area contributed by atoms with Crippen LogP contribution in [0.1, 0.15) is 66.0 Å². The minimum Gasteiger partial charge on any atom is -0.481 e. The lowest BCUT2D eigenvalue weighted by Gasteiger charge is -2.33. The molecule has 0 atom stereocenters. The van der Waals surface area contributed by atoms with Gasteiger partial charge in [-0.15, -0.1) is 0 Å². The number of hydrogen-bond donors (Lipinski definition) is 1. The molecule has 21 heavy (non-hydrogen) atoms. The van der Waals surface area contributed by atoms with E-state index in [4.69, 9.17) is 0 Å². The van der Waals surface area contributed by atoms with Crippen LogP contribution >= 0.6 is 0 Å². The largest absolute Gasteiger partial charge is 0.481 e. The van der Waals surface area contributed by atoms with Crippen molar-refractivity contribution < 1.29 is 9.90 Å². The van der Waals surface area contributed by atoms with Crippen molar-refractivity contribution in [2.45, 2.75) is 66.7 Å². The first-order chi connectivity index (χ1) is 9.33. The number of carboxylic acid groups (broad SMARTS) is 1. The Hall–Kier alpha value is -1.31. The molecule has 0 bridgehead atoms. The topological polar surface area (TPSA) is 37.3 Å². The normalized spacial score (nSPS) is 13.3. The van der Waals surface area contributed by atoms with Gasteiger partial charge >= 0.3 is 5.97 Å². The lowest BCUT2D eigenvalue weighted by molar-refractivity contribution is -0.146. The third-order valence-corrected chi connectivity index (χ3v) is 3.93. The van der Waals surface area contributed by atoms with E-state index in [2.05, 4.69) is 58.9 Å². The SMILES string of the molecule is CC(C)(C)CC(C)(C)c1ccc(CC(C)(C)C(=O)O)cc1. The smallest absolute Gasteiger partial charge is 0.309 e. The zero-order chi connectivity index (χ0) is 16.5. The van der Waals surface area contributed by atoms with Gasteiger partial charge in [-0.2, -0.15) is 0 Å². The predicted molar refractivity (Wildman–Crippen MR) is 88.7 cm³/mol. The van der Waals surface area contributed by atoms with Crippen LogP contribution in [0.4, 0.5) is 0 Å². The van der Waals surface area contributed by atoms with E-state index in [9.17, 15) is 9.90 Å². The number of carboxylic acids is 1. The molecule has 0 aliphatic heterocycles. The summed E-state index contributed by atoms with van der Waals surface area (Å²) in [6.45, 7) is 14.9. The first-order valence-corrected chi connectivity index (χ1v) is 7.66. The summed E-state index contributed by atoms with van der Waals surface area (Å²) in [7, 11) is 0. The highest BCUT2D eigenvalue weighted by molar-refractivity contribution is 5.74. The zero-order valence-electron chi connectivity index (χ0n) is 14.6. The summed E-state index contributed by atoms with van der Waals surface area (Å²) < 4.78 is 0. The Balaban J connectivity index is 2.90. The van der Waals surface area contributed by atoms with E-state index >= 15 is 0 Å². The van der Waals surface area contributed by atoms with Gasteiger partial charge < -0.3 is 5.11 Å². The molecule has 0 aliphatic rings. The molecule has 0 radical (unpaired) electrons. The van der Waals surface area contributed by atoms with Crippen LogP contribution in [0.5, 0.6) is 0 Å².